The van der Waals surface area contributed by atoms with Crippen LogP contribution in [0.2, 0.25) is 0 Å². The normalized spacial score (nSPS) is 19.6. The summed E-state index contributed by atoms with van der Waals surface area (Å²) in [6.45, 7) is 9.22. The Kier molecular flexibility index (Phi) is 5.03. The molecule has 1 fully saturated rings. The van der Waals surface area contributed by atoms with Crippen LogP contribution in [-0.4, -0.2) is 19.3 Å². The van der Waals surface area contributed by atoms with E-state index in [9.17, 15) is 4.21 Å². The van der Waals surface area contributed by atoms with Crippen molar-refractivity contribution in [3.63, 3.8) is 0 Å². The van der Waals surface area contributed by atoms with E-state index >= 15 is 0 Å². The maximum atomic E-state index is 12.9. The molecule has 0 radical (unpaired) electrons. The molecule has 1 aromatic rings. The van der Waals surface area contributed by atoms with Crippen LogP contribution in [0.5, 0.6) is 0 Å². The van der Waals surface area contributed by atoms with Crippen molar-refractivity contribution < 1.29 is 4.21 Å². The van der Waals surface area contributed by atoms with Gasteiger partial charge in [0.05, 0.1) is 4.75 Å². The van der Waals surface area contributed by atoms with Crippen molar-refractivity contribution in [3.8, 4) is 0 Å². The van der Waals surface area contributed by atoms with E-state index in [1.165, 1.54) is 24.8 Å². The number of hydrogen-bond acceptors (Lipinski definition) is 1. The Morgan fingerprint density at radius 3 is 2.30 bits per heavy atom. The number of hydrogen-bond donors (Lipinski definition) is 0. The van der Waals surface area contributed by atoms with Crippen LogP contribution in [0, 0.1) is 5.92 Å². The largest absolute Gasteiger partial charge is 0.242 e. The summed E-state index contributed by atoms with van der Waals surface area (Å²) in [6.07, 6.45) is 3.90. The molecule has 1 saturated carbocycles. The molecule has 1 aromatic carbocycles. The molecular weight excluding hydrogens is 266 g/mol. The van der Waals surface area contributed by atoms with Crippen molar-refractivity contribution in [3.05, 3.63) is 35.9 Å². The molecule has 112 valence electrons. The predicted molar refractivity (Wildman–Crippen MR) is 86.7 cm³/mol. The second-order valence-corrected chi connectivity index (χ2v) is 9.05. The first-order valence-electron chi connectivity index (χ1n) is 7.62. The fraction of sp³-hybridized carbons (Fsp3) is 0.647. The van der Waals surface area contributed by atoms with E-state index in [2.05, 4.69) is 56.3 Å². The lowest BCUT2D eigenvalue weighted by atomic mass is 9.80. The van der Waals surface area contributed by atoms with Crippen LogP contribution in [0.25, 0.3) is 0 Å². The maximum absolute atomic E-state index is 12.9. The fourth-order valence-corrected chi connectivity index (χ4v) is 4.07. The van der Waals surface area contributed by atoms with E-state index in [0.29, 0.717) is 12.0 Å². The zero-order valence-corrected chi connectivity index (χ0v) is 14.0. The van der Waals surface area contributed by atoms with Gasteiger partial charge in [-0.15, -0.1) is 0 Å². The van der Waals surface area contributed by atoms with Crippen molar-refractivity contribution in [1.29, 1.82) is 0 Å². The summed E-state index contributed by atoms with van der Waals surface area (Å²) in [4.78, 5) is 0. The summed E-state index contributed by atoms with van der Waals surface area (Å²) in [6, 6.07) is 10.8. The van der Waals surface area contributed by atoms with Gasteiger partial charge in [-0.05, 0) is 52.0 Å². The van der Waals surface area contributed by atoms with Crippen molar-refractivity contribution >= 4 is 11.0 Å². The summed E-state index contributed by atoms with van der Waals surface area (Å²) >= 11 is 0. The number of rotatable bonds is 5. The lowest BCUT2D eigenvalue weighted by Crippen LogP contribution is -2.46. The molecule has 0 aliphatic heterocycles. The van der Waals surface area contributed by atoms with Crippen LogP contribution >= 0.6 is 0 Å². The first-order chi connectivity index (χ1) is 9.39. The predicted octanol–water partition coefficient (Wildman–Crippen LogP) is 4.14. The smallest absolute Gasteiger partial charge is 0.100 e. The molecule has 0 bridgehead atoms. The summed E-state index contributed by atoms with van der Waals surface area (Å²) < 4.78 is 14.9. The zero-order chi connectivity index (χ0) is 14.8. The molecular formula is C17H27NOS. The van der Waals surface area contributed by atoms with E-state index in [4.69, 9.17) is 0 Å². The maximum Gasteiger partial charge on any atom is 0.100 e. The van der Waals surface area contributed by atoms with Gasteiger partial charge in [0.25, 0.3) is 0 Å². The van der Waals surface area contributed by atoms with E-state index in [1.807, 2.05) is 6.07 Å². The Hall–Kier alpha value is -0.670. The Morgan fingerprint density at radius 2 is 1.85 bits per heavy atom. The summed E-state index contributed by atoms with van der Waals surface area (Å²) in [5, 5.41) is 0. The first kappa shape index (κ1) is 15.7. The molecule has 2 nitrogen and oxygen atoms in total. The van der Waals surface area contributed by atoms with Crippen LogP contribution in [0.3, 0.4) is 0 Å². The second-order valence-electron chi connectivity index (χ2n) is 6.85. The van der Waals surface area contributed by atoms with Gasteiger partial charge in [-0.25, -0.2) is 8.51 Å². The van der Waals surface area contributed by atoms with Crippen LogP contribution in [0.15, 0.2) is 30.3 Å². The lowest BCUT2D eigenvalue weighted by molar-refractivity contribution is 0.174. The highest BCUT2D eigenvalue weighted by Crippen LogP contribution is 2.34. The van der Waals surface area contributed by atoms with Crippen LogP contribution < -0.4 is 0 Å². The molecule has 20 heavy (non-hydrogen) atoms. The van der Waals surface area contributed by atoms with E-state index in [-0.39, 0.29) is 4.75 Å². The standard InChI is InChI=1S/C17H27NOS/c1-14(16-11-8-12-16)18(20(19)17(2,3)4)13-15-9-6-5-7-10-15/h5-7,9-10,14,16H,8,11-13H2,1-4H3/t14-,20+/m0/s1. The summed E-state index contributed by atoms with van der Waals surface area (Å²) in [5.74, 6) is 0.713. The molecule has 3 heteroatoms. The van der Waals surface area contributed by atoms with E-state index < -0.39 is 11.0 Å². The molecule has 0 N–H and O–H groups in total. The second kappa shape index (κ2) is 6.40. The minimum Gasteiger partial charge on any atom is -0.242 e. The highest BCUT2D eigenvalue weighted by molar-refractivity contribution is 7.84. The van der Waals surface area contributed by atoms with Gasteiger partial charge in [-0.3, -0.25) is 0 Å². The van der Waals surface area contributed by atoms with E-state index in [0.717, 1.165) is 6.54 Å². The average molecular weight is 293 g/mol. The molecule has 0 amide bonds. The summed E-state index contributed by atoms with van der Waals surface area (Å²) in [7, 11) is -0.961. The first-order valence-corrected chi connectivity index (χ1v) is 8.73. The van der Waals surface area contributed by atoms with Crippen molar-refractivity contribution in [2.45, 2.75) is 64.3 Å². The van der Waals surface area contributed by atoms with Crippen molar-refractivity contribution in [2.75, 3.05) is 0 Å². The highest BCUT2D eigenvalue weighted by atomic mass is 32.2. The van der Waals surface area contributed by atoms with Gasteiger partial charge in [0.1, 0.15) is 11.0 Å². The topological polar surface area (TPSA) is 20.3 Å². The third-order valence-electron chi connectivity index (χ3n) is 4.20. The molecule has 0 unspecified atom stereocenters. The quantitative estimate of drug-likeness (QED) is 0.799. The monoisotopic (exact) mass is 293 g/mol. The van der Waals surface area contributed by atoms with Gasteiger partial charge in [-0.2, -0.15) is 0 Å². The van der Waals surface area contributed by atoms with Crippen LogP contribution in [0.1, 0.15) is 52.5 Å². The van der Waals surface area contributed by atoms with Gasteiger partial charge in [0.15, 0.2) is 0 Å². The minimum absolute atomic E-state index is 0.202. The Bertz CT molecular complexity index is 448. The molecule has 0 aromatic heterocycles. The third kappa shape index (κ3) is 3.70. The molecule has 0 saturated heterocycles. The number of benzene rings is 1. The minimum atomic E-state index is -0.961. The molecule has 1 aliphatic carbocycles. The average Bonchev–Trinajstić information content (AvgIpc) is 2.33. The molecule has 2 atom stereocenters. The van der Waals surface area contributed by atoms with Gasteiger partial charge in [0, 0.05) is 12.6 Å². The molecule has 2 rings (SSSR count). The summed E-state index contributed by atoms with van der Waals surface area (Å²) in [5.41, 5.74) is 1.25. The zero-order valence-electron chi connectivity index (χ0n) is 13.1. The van der Waals surface area contributed by atoms with Crippen molar-refractivity contribution in [2.24, 2.45) is 5.92 Å². The Balaban J connectivity index is 2.17. The van der Waals surface area contributed by atoms with Gasteiger partial charge >= 0.3 is 0 Å². The lowest BCUT2D eigenvalue weighted by Gasteiger charge is -2.40. The van der Waals surface area contributed by atoms with Gasteiger partial charge < -0.3 is 0 Å². The van der Waals surface area contributed by atoms with Crippen molar-refractivity contribution in [1.82, 2.24) is 4.31 Å². The van der Waals surface area contributed by atoms with Gasteiger partial charge in [0.2, 0.25) is 0 Å². The molecule has 1 aliphatic rings. The van der Waals surface area contributed by atoms with E-state index in [1.54, 1.807) is 0 Å². The Morgan fingerprint density at radius 1 is 1.25 bits per heavy atom. The van der Waals surface area contributed by atoms with Gasteiger partial charge in [-0.1, -0.05) is 36.8 Å². The Labute approximate surface area is 126 Å². The fourth-order valence-electron chi connectivity index (χ4n) is 2.63. The number of nitrogens with zero attached hydrogens (tertiary/aromatic N) is 1. The molecule has 0 heterocycles. The highest BCUT2D eigenvalue weighted by Gasteiger charge is 2.35. The third-order valence-corrected chi connectivity index (χ3v) is 6.14. The SMILES string of the molecule is C[C@@H](C1CCC1)N(Cc1ccccc1)[S@](=O)C(C)(C)C. The van der Waals surface area contributed by atoms with Crippen LogP contribution in [0.4, 0.5) is 0 Å². The molecule has 0 spiro atoms. The van der Waals surface area contributed by atoms with Crippen LogP contribution in [-0.2, 0) is 17.5 Å².